The highest BCUT2D eigenvalue weighted by Crippen LogP contribution is 2.23. The topological polar surface area (TPSA) is 99.5 Å². The van der Waals surface area contributed by atoms with E-state index >= 15 is 0 Å². The molecule has 0 bridgehead atoms. The van der Waals surface area contributed by atoms with Crippen molar-refractivity contribution < 1.29 is 19.8 Å². The molecule has 138 valence electrons. The van der Waals surface area contributed by atoms with Gasteiger partial charge >= 0.3 is 5.97 Å². The van der Waals surface area contributed by atoms with Gasteiger partial charge in [0.05, 0.1) is 12.2 Å². The summed E-state index contributed by atoms with van der Waals surface area (Å²) in [4.78, 5) is 28.4. The number of hydrogen-bond acceptors (Lipinski definition) is 5. The molecule has 0 aliphatic rings. The van der Waals surface area contributed by atoms with Crippen LogP contribution in [0.2, 0.25) is 5.15 Å². The van der Waals surface area contributed by atoms with E-state index in [2.05, 4.69) is 26.2 Å². The number of aromatic nitrogens is 1. The predicted octanol–water partition coefficient (Wildman–Crippen LogP) is 3.43. The molecule has 0 fully saturated rings. The van der Waals surface area contributed by atoms with Crippen molar-refractivity contribution in [3.05, 3.63) is 38.7 Å². The Kier molecular flexibility index (Phi) is 8.55. The fraction of sp³-hybridized carbons (Fsp3) is 0.471. The van der Waals surface area contributed by atoms with E-state index in [0.717, 1.165) is 0 Å². The highest BCUT2D eigenvalue weighted by molar-refractivity contribution is 9.10. The Bertz CT molecular complexity index is 677. The van der Waals surface area contributed by atoms with E-state index < -0.39 is 17.3 Å². The molecule has 1 heterocycles. The van der Waals surface area contributed by atoms with Gasteiger partial charge in [-0.25, -0.2) is 9.78 Å². The number of nitrogens with zero attached hydrogens (tertiary/aromatic N) is 1. The molecule has 0 spiro atoms. The van der Waals surface area contributed by atoms with Crippen molar-refractivity contribution in [1.29, 1.82) is 0 Å². The van der Waals surface area contributed by atoms with Crippen molar-refractivity contribution in [2.45, 2.75) is 39.7 Å². The summed E-state index contributed by atoms with van der Waals surface area (Å²) in [5.74, 6) is -1.78. The van der Waals surface area contributed by atoms with Gasteiger partial charge < -0.3 is 15.5 Å². The van der Waals surface area contributed by atoms with E-state index in [1.54, 1.807) is 6.92 Å². The predicted molar refractivity (Wildman–Crippen MR) is 99.7 cm³/mol. The molecule has 3 N–H and O–H groups in total. The third kappa shape index (κ3) is 6.09. The quantitative estimate of drug-likeness (QED) is 0.181. The van der Waals surface area contributed by atoms with Crippen molar-refractivity contribution in [3.8, 4) is 0 Å². The molecule has 0 saturated carbocycles. The number of Topliss-reactive ketones (excluding diaryl/α,β-unsaturated/α-hetero) is 1. The van der Waals surface area contributed by atoms with Crippen molar-refractivity contribution in [2.24, 2.45) is 5.92 Å². The zero-order valence-electron chi connectivity index (χ0n) is 14.3. The first-order chi connectivity index (χ1) is 11.7. The molecule has 25 heavy (non-hydrogen) atoms. The molecule has 1 rings (SSSR count). The lowest BCUT2D eigenvalue weighted by Gasteiger charge is -2.22. The summed E-state index contributed by atoms with van der Waals surface area (Å²) < 4.78 is 0.518. The summed E-state index contributed by atoms with van der Waals surface area (Å²) >= 11 is 9.16. The summed E-state index contributed by atoms with van der Waals surface area (Å²) in [6.45, 7) is 5.57. The van der Waals surface area contributed by atoms with Crippen LogP contribution >= 0.6 is 27.5 Å². The van der Waals surface area contributed by atoms with Crippen LogP contribution in [0.5, 0.6) is 0 Å². The van der Waals surface area contributed by atoms with Crippen LogP contribution in [0.3, 0.4) is 0 Å². The van der Waals surface area contributed by atoms with Crippen molar-refractivity contribution >= 4 is 39.3 Å². The minimum atomic E-state index is -1.35. The normalized spacial score (nSPS) is 13.4. The molecule has 0 saturated heterocycles. The number of hydrogen-bond donors (Lipinski definition) is 3. The zero-order valence-corrected chi connectivity index (χ0v) is 16.7. The van der Waals surface area contributed by atoms with E-state index in [1.807, 2.05) is 13.8 Å². The summed E-state index contributed by atoms with van der Waals surface area (Å²) in [5.41, 5.74) is -0.134. The fourth-order valence-corrected chi connectivity index (χ4v) is 2.95. The van der Waals surface area contributed by atoms with Crippen LogP contribution in [-0.2, 0) is 4.79 Å². The summed E-state index contributed by atoms with van der Waals surface area (Å²) in [6.07, 6.45) is 2.36. The number of halogens is 2. The van der Waals surface area contributed by atoms with Gasteiger partial charge in [-0.3, -0.25) is 4.79 Å². The van der Waals surface area contributed by atoms with Gasteiger partial charge in [0.1, 0.15) is 10.7 Å². The molecule has 0 aliphatic heterocycles. The molecular weight excluding hydrogens is 412 g/mol. The maximum Gasteiger partial charge on any atom is 0.341 e. The van der Waals surface area contributed by atoms with Crippen LogP contribution in [0, 0.1) is 5.92 Å². The highest BCUT2D eigenvalue weighted by Gasteiger charge is 2.27. The molecule has 1 atom stereocenters. The van der Waals surface area contributed by atoms with Gasteiger partial charge in [-0.2, -0.15) is 0 Å². The molecule has 1 aromatic heterocycles. The Morgan fingerprint density at radius 1 is 1.40 bits per heavy atom. The largest absolute Gasteiger partial charge is 0.477 e. The first-order valence-electron chi connectivity index (χ1n) is 7.90. The van der Waals surface area contributed by atoms with Gasteiger partial charge in [-0.05, 0) is 40.8 Å². The van der Waals surface area contributed by atoms with E-state index in [0.29, 0.717) is 23.2 Å². The molecule has 1 aromatic rings. The molecule has 0 aromatic carbocycles. The summed E-state index contributed by atoms with van der Waals surface area (Å²) in [7, 11) is 0. The molecule has 8 heteroatoms. The maximum atomic E-state index is 12.8. The summed E-state index contributed by atoms with van der Waals surface area (Å²) in [5, 5.41) is 22.0. The number of pyridine rings is 1. The Morgan fingerprint density at radius 3 is 2.52 bits per heavy atom. The molecule has 0 aliphatic carbocycles. The van der Waals surface area contributed by atoms with Crippen LogP contribution in [-0.4, -0.2) is 39.6 Å². The van der Waals surface area contributed by atoms with Crippen LogP contribution in [0.4, 0.5) is 0 Å². The SMILES string of the molecule is CCC(N[C@H](CO)CC(C)C)=C(C(=O)O)C(=O)c1cc(Br)cnc1Cl. The van der Waals surface area contributed by atoms with E-state index in [4.69, 9.17) is 11.6 Å². The van der Waals surface area contributed by atoms with Crippen LogP contribution in [0.25, 0.3) is 0 Å². The monoisotopic (exact) mass is 432 g/mol. The van der Waals surface area contributed by atoms with Crippen molar-refractivity contribution in [1.82, 2.24) is 10.3 Å². The molecule has 0 radical (unpaired) electrons. The second kappa shape index (κ2) is 9.89. The first-order valence-corrected chi connectivity index (χ1v) is 9.07. The number of carboxylic acids is 1. The lowest BCUT2D eigenvalue weighted by Crippen LogP contribution is -2.35. The zero-order chi connectivity index (χ0) is 19.1. The molecular formula is C17H22BrClN2O4. The average molecular weight is 434 g/mol. The Morgan fingerprint density at radius 2 is 2.04 bits per heavy atom. The third-order valence-corrected chi connectivity index (χ3v) is 4.24. The molecule has 0 unspecified atom stereocenters. The number of ketones is 1. The smallest absolute Gasteiger partial charge is 0.341 e. The first kappa shape index (κ1) is 21.6. The van der Waals surface area contributed by atoms with Gasteiger partial charge in [-0.15, -0.1) is 0 Å². The molecule has 0 amide bonds. The fourth-order valence-electron chi connectivity index (χ4n) is 2.43. The van der Waals surface area contributed by atoms with Gasteiger partial charge in [0.25, 0.3) is 0 Å². The Labute approximate surface area is 160 Å². The van der Waals surface area contributed by atoms with Crippen LogP contribution < -0.4 is 5.32 Å². The van der Waals surface area contributed by atoms with E-state index in [-0.39, 0.29) is 29.1 Å². The van der Waals surface area contributed by atoms with E-state index in [9.17, 15) is 19.8 Å². The maximum absolute atomic E-state index is 12.8. The number of carbonyl (C=O) groups excluding carboxylic acids is 1. The number of aliphatic hydroxyl groups is 1. The number of aliphatic hydroxyl groups excluding tert-OH is 1. The second-order valence-electron chi connectivity index (χ2n) is 5.99. The Balaban J connectivity index is 3.33. The highest BCUT2D eigenvalue weighted by atomic mass is 79.9. The summed E-state index contributed by atoms with van der Waals surface area (Å²) in [6, 6.07) is 1.10. The van der Waals surface area contributed by atoms with Gasteiger partial charge in [0.2, 0.25) is 5.78 Å². The van der Waals surface area contributed by atoms with Crippen molar-refractivity contribution in [3.63, 3.8) is 0 Å². The average Bonchev–Trinajstić information content (AvgIpc) is 2.54. The minimum absolute atomic E-state index is 0.00518. The van der Waals surface area contributed by atoms with Gasteiger partial charge in [0, 0.05) is 22.4 Å². The van der Waals surface area contributed by atoms with Gasteiger partial charge in [0.15, 0.2) is 0 Å². The van der Waals surface area contributed by atoms with Crippen LogP contribution in [0.15, 0.2) is 28.0 Å². The number of allylic oxidation sites excluding steroid dienone is 1. The van der Waals surface area contributed by atoms with E-state index in [1.165, 1.54) is 12.3 Å². The lowest BCUT2D eigenvalue weighted by atomic mass is 9.99. The number of carbonyl (C=O) groups is 2. The second-order valence-corrected chi connectivity index (χ2v) is 7.26. The third-order valence-electron chi connectivity index (χ3n) is 3.50. The lowest BCUT2D eigenvalue weighted by molar-refractivity contribution is -0.132. The standard InChI is InChI=1S/C17H22BrClN2O4/c1-4-13(21-11(8-22)5-9(2)3)14(17(24)25)15(23)12-6-10(18)7-20-16(12)19/h6-7,9,11,21-22H,4-5,8H2,1-3H3,(H,24,25)/t11-/m0/s1. The van der Waals surface area contributed by atoms with Crippen molar-refractivity contribution in [2.75, 3.05) is 6.61 Å². The Hall–Kier alpha value is -1.44. The number of aliphatic carboxylic acids is 1. The van der Waals surface area contributed by atoms with Gasteiger partial charge in [-0.1, -0.05) is 32.4 Å². The number of rotatable bonds is 9. The number of nitrogens with one attached hydrogen (secondary N) is 1. The van der Waals surface area contributed by atoms with Crippen LogP contribution in [0.1, 0.15) is 44.0 Å². The number of carboxylic acid groups (broad SMARTS) is 1. The minimum Gasteiger partial charge on any atom is -0.477 e. The molecule has 6 nitrogen and oxygen atoms in total.